The first-order chi connectivity index (χ1) is 17.3. The largest absolute Gasteiger partial charge is 0.493 e. The zero-order valence-corrected chi connectivity index (χ0v) is 24.0. The van der Waals surface area contributed by atoms with Crippen LogP contribution in [0.4, 0.5) is 10.1 Å². The summed E-state index contributed by atoms with van der Waals surface area (Å²) in [6.45, 7) is 6.43. The van der Waals surface area contributed by atoms with Gasteiger partial charge in [-0.3, -0.25) is 15.0 Å². The molecule has 0 amide bonds. The molecule has 206 valence electrons. The second-order valence-electron chi connectivity index (χ2n) is 10.4. The van der Waals surface area contributed by atoms with Crippen molar-refractivity contribution in [3.63, 3.8) is 0 Å². The average Bonchev–Trinajstić information content (AvgIpc) is 3.12. The van der Waals surface area contributed by atoms with Crippen LogP contribution in [0.1, 0.15) is 54.2 Å². The Morgan fingerprint density at radius 3 is 2.47 bits per heavy atom. The van der Waals surface area contributed by atoms with Crippen LogP contribution in [-0.4, -0.2) is 68.1 Å². The van der Waals surface area contributed by atoms with E-state index < -0.39 is 17.9 Å². The normalized spacial score (nSPS) is 16.3. The molecule has 0 aliphatic carbocycles. The number of amidine groups is 1. The zero-order chi connectivity index (χ0) is 27.2. The monoisotopic (exact) mass is 593 g/mol. The summed E-state index contributed by atoms with van der Waals surface area (Å²) in [5.74, 6) is -1.21. The van der Waals surface area contributed by atoms with Gasteiger partial charge in [-0.2, -0.15) is 0 Å². The number of hydrogen-bond donors (Lipinski definition) is 2. The number of Topliss-reactive ketones (excluding diaryl/α,β-unsaturated/α-hetero) is 1. The maximum absolute atomic E-state index is 15.1. The molecule has 9 nitrogen and oxygen atoms in total. The van der Waals surface area contributed by atoms with Crippen molar-refractivity contribution in [3.8, 4) is 17.2 Å². The first kappa shape index (κ1) is 29.2. The number of hydrogen-bond acceptors (Lipinski definition) is 7. The average molecular weight is 594 g/mol. The number of ketones is 1. The van der Waals surface area contributed by atoms with Crippen LogP contribution in [0.25, 0.3) is 0 Å². The van der Waals surface area contributed by atoms with E-state index in [1.165, 1.54) is 19.1 Å². The summed E-state index contributed by atoms with van der Waals surface area (Å²) in [6, 6.07) is 5.15. The van der Waals surface area contributed by atoms with Gasteiger partial charge in [0.25, 0.3) is 0 Å². The smallest absolute Gasteiger partial charge is 0.307 e. The van der Waals surface area contributed by atoms with Gasteiger partial charge in [-0.05, 0) is 29.2 Å². The van der Waals surface area contributed by atoms with Crippen LogP contribution in [0.15, 0.2) is 18.2 Å². The minimum Gasteiger partial charge on any atom is -0.493 e. The zero-order valence-electron chi connectivity index (χ0n) is 22.3. The second kappa shape index (κ2) is 10.8. The van der Waals surface area contributed by atoms with Gasteiger partial charge in [0.05, 0.1) is 45.0 Å². The lowest BCUT2D eigenvalue weighted by atomic mass is 9.83. The van der Waals surface area contributed by atoms with Crippen LogP contribution in [0.2, 0.25) is 0 Å². The summed E-state index contributed by atoms with van der Waals surface area (Å²) in [5, 5.41) is 17.8. The van der Waals surface area contributed by atoms with Crippen LogP contribution < -0.4 is 19.1 Å². The lowest BCUT2D eigenvalue weighted by molar-refractivity contribution is -0.138. The number of carboxylic acids is 1. The third kappa shape index (κ3) is 5.29. The highest BCUT2D eigenvalue weighted by atomic mass is 79.9. The number of anilines is 1. The molecule has 0 spiro atoms. The van der Waals surface area contributed by atoms with Gasteiger partial charge in [-0.1, -0.05) is 20.8 Å². The van der Waals surface area contributed by atoms with Crippen molar-refractivity contribution < 1.29 is 33.3 Å². The molecule has 11 heteroatoms. The summed E-state index contributed by atoms with van der Waals surface area (Å²) in [5.41, 5.74) is 2.19. The number of aliphatic carboxylic acids is 1. The van der Waals surface area contributed by atoms with Gasteiger partial charge < -0.3 is 29.1 Å². The molecule has 0 fully saturated rings. The molecule has 1 unspecified atom stereocenters. The summed E-state index contributed by atoms with van der Waals surface area (Å²) >= 11 is 0. The summed E-state index contributed by atoms with van der Waals surface area (Å²) in [4.78, 5) is 28.2. The van der Waals surface area contributed by atoms with Crippen molar-refractivity contribution in [2.45, 2.75) is 45.3 Å². The number of nitrogens with one attached hydrogen (secondary N) is 1. The standard InChI is InChI=1S/C27H32FN3O6.BrH/c1-27(2,3)17-7-14(8-18-24(17)37-16(10-21(33)34)12-30(18)4)19(32)13-31-11-15-9-20(35-5)25(36-6)23(28)22(15)26(31)29;/h7-9,16,29H,10-13H2,1-6H3,(H,33,34);1H. The third-order valence-corrected chi connectivity index (χ3v) is 6.72. The molecule has 2 aromatic rings. The van der Waals surface area contributed by atoms with E-state index in [4.69, 9.17) is 19.6 Å². The SMILES string of the molecule is Br.COc1cc2c(c(F)c1OC)C(=N)N(CC(=O)c1cc3c(c(C(C)(C)C)c1)OC(CC(=O)O)CN3C)C2. The predicted molar refractivity (Wildman–Crippen MR) is 146 cm³/mol. The highest BCUT2D eigenvalue weighted by molar-refractivity contribution is 8.93. The predicted octanol–water partition coefficient (Wildman–Crippen LogP) is 4.41. The molecule has 1 atom stereocenters. The van der Waals surface area contributed by atoms with E-state index in [1.54, 1.807) is 18.2 Å². The Morgan fingerprint density at radius 2 is 1.89 bits per heavy atom. The molecule has 4 rings (SSSR count). The van der Waals surface area contributed by atoms with Crippen LogP contribution in [0, 0.1) is 11.2 Å². The number of nitrogens with zero attached hydrogens (tertiary/aromatic N) is 2. The highest BCUT2D eigenvalue weighted by Gasteiger charge is 2.35. The summed E-state index contributed by atoms with van der Waals surface area (Å²) in [7, 11) is 4.59. The molecule has 0 aromatic heterocycles. The van der Waals surface area contributed by atoms with E-state index in [0.717, 1.165) is 5.56 Å². The minimum absolute atomic E-state index is 0. The van der Waals surface area contributed by atoms with Crippen molar-refractivity contribution in [1.82, 2.24) is 4.90 Å². The second-order valence-corrected chi connectivity index (χ2v) is 10.4. The molecule has 38 heavy (non-hydrogen) atoms. The highest BCUT2D eigenvalue weighted by Crippen LogP contribution is 2.43. The van der Waals surface area contributed by atoms with Gasteiger partial charge in [0.15, 0.2) is 23.1 Å². The maximum atomic E-state index is 15.1. The van der Waals surface area contributed by atoms with Crippen molar-refractivity contribution in [3.05, 3.63) is 46.3 Å². The fourth-order valence-corrected chi connectivity index (χ4v) is 4.87. The van der Waals surface area contributed by atoms with Crippen molar-refractivity contribution in [2.24, 2.45) is 0 Å². The van der Waals surface area contributed by atoms with E-state index in [0.29, 0.717) is 29.1 Å². The Labute approximate surface area is 231 Å². The molecule has 2 N–H and O–H groups in total. The van der Waals surface area contributed by atoms with E-state index in [9.17, 15) is 14.7 Å². The molecule has 2 aromatic carbocycles. The summed E-state index contributed by atoms with van der Waals surface area (Å²) < 4.78 is 31.6. The van der Waals surface area contributed by atoms with Gasteiger partial charge in [-0.15, -0.1) is 17.0 Å². The molecule has 2 heterocycles. The van der Waals surface area contributed by atoms with Gasteiger partial charge >= 0.3 is 5.97 Å². The van der Waals surface area contributed by atoms with Crippen LogP contribution in [0.3, 0.4) is 0 Å². The van der Waals surface area contributed by atoms with Crippen molar-refractivity contribution in [2.75, 3.05) is 39.3 Å². The van der Waals surface area contributed by atoms with Crippen molar-refractivity contribution >= 4 is 40.3 Å². The molecule has 0 saturated carbocycles. The number of fused-ring (bicyclic) bond motifs is 2. The lowest BCUT2D eigenvalue weighted by Crippen LogP contribution is -2.40. The topological polar surface area (TPSA) is 112 Å². The number of carboxylic acid groups (broad SMARTS) is 1. The number of ether oxygens (including phenoxy) is 3. The Balaban J connectivity index is 0.00000400. The molecular formula is C27H33BrFN3O6. The number of carbonyl (C=O) groups is 2. The first-order valence-electron chi connectivity index (χ1n) is 11.9. The van der Waals surface area contributed by atoms with Gasteiger partial charge in [0.2, 0.25) is 0 Å². The quantitative estimate of drug-likeness (QED) is 0.454. The van der Waals surface area contributed by atoms with Gasteiger partial charge in [0, 0.05) is 24.7 Å². The van der Waals surface area contributed by atoms with E-state index in [-0.39, 0.29) is 70.6 Å². The molecule has 0 saturated heterocycles. The van der Waals surface area contributed by atoms with Crippen molar-refractivity contribution in [1.29, 1.82) is 5.41 Å². The van der Waals surface area contributed by atoms with E-state index in [1.807, 2.05) is 32.7 Å². The first-order valence-corrected chi connectivity index (χ1v) is 11.9. The van der Waals surface area contributed by atoms with Crippen LogP contribution in [-0.2, 0) is 16.8 Å². The number of carbonyl (C=O) groups excluding carboxylic acids is 1. The molecular weight excluding hydrogens is 561 g/mol. The molecule has 0 radical (unpaired) electrons. The number of rotatable bonds is 7. The molecule has 2 aliphatic rings. The van der Waals surface area contributed by atoms with Gasteiger partial charge in [-0.25, -0.2) is 4.39 Å². The summed E-state index contributed by atoms with van der Waals surface area (Å²) in [6.07, 6.45) is -0.636. The van der Waals surface area contributed by atoms with Crippen LogP contribution >= 0.6 is 17.0 Å². The fraction of sp³-hybridized carbons (Fsp3) is 0.444. The number of benzene rings is 2. The Morgan fingerprint density at radius 1 is 1.21 bits per heavy atom. The minimum atomic E-state index is -0.938. The lowest BCUT2D eigenvalue weighted by Gasteiger charge is -2.37. The molecule has 0 bridgehead atoms. The number of methoxy groups -OCH3 is 2. The number of halogens is 2. The van der Waals surface area contributed by atoms with Crippen LogP contribution in [0.5, 0.6) is 17.2 Å². The fourth-order valence-electron chi connectivity index (χ4n) is 4.87. The number of likely N-dealkylation sites (N-methyl/N-ethyl adjacent to an activating group) is 1. The Bertz CT molecular complexity index is 1290. The van der Waals surface area contributed by atoms with E-state index in [2.05, 4.69) is 0 Å². The molecule has 2 aliphatic heterocycles. The van der Waals surface area contributed by atoms with E-state index >= 15 is 4.39 Å². The Kier molecular flexibility index (Phi) is 8.30. The Hall–Kier alpha value is -3.34. The third-order valence-electron chi connectivity index (χ3n) is 6.72. The maximum Gasteiger partial charge on any atom is 0.307 e. The van der Waals surface area contributed by atoms with Gasteiger partial charge in [0.1, 0.15) is 17.7 Å².